The zero-order valence-electron chi connectivity index (χ0n) is 12.6. The normalized spacial score (nSPS) is 19.2. The van der Waals surface area contributed by atoms with E-state index in [9.17, 15) is 13.2 Å². The number of carbonyl (C=O) groups excluding carboxylic acids is 1. The quantitative estimate of drug-likeness (QED) is 0.841. The van der Waals surface area contributed by atoms with Crippen LogP contribution < -0.4 is 4.72 Å². The number of carbonyl (C=O) groups is 1. The van der Waals surface area contributed by atoms with Gasteiger partial charge in [-0.3, -0.25) is 4.79 Å². The van der Waals surface area contributed by atoms with Crippen LogP contribution in [-0.2, 0) is 14.8 Å². The number of hydrogen-bond donors (Lipinski definition) is 1. The predicted molar refractivity (Wildman–Crippen MR) is 88.9 cm³/mol. The SMILES string of the molecule is CC1CCCN(C(=O)CCNS(=O)(=O)c2ccccc2Br)C1. The molecule has 0 aliphatic carbocycles. The summed E-state index contributed by atoms with van der Waals surface area (Å²) >= 11 is 3.23. The first-order valence-corrected chi connectivity index (χ1v) is 9.70. The summed E-state index contributed by atoms with van der Waals surface area (Å²) in [6.45, 7) is 3.80. The number of hydrogen-bond acceptors (Lipinski definition) is 3. The van der Waals surface area contributed by atoms with Gasteiger partial charge in [-0.05, 0) is 46.8 Å². The fraction of sp³-hybridized carbons (Fsp3) is 0.533. The molecule has 0 spiro atoms. The van der Waals surface area contributed by atoms with Gasteiger partial charge in [0.2, 0.25) is 15.9 Å². The first-order chi connectivity index (χ1) is 10.4. The molecule has 1 amide bonds. The van der Waals surface area contributed by atoms with E-state index in [1.54, 1.807) is 18.2 Å². The second-order valence-electron chi connectivity index (χ2n) is 5.67. The van der Waals surface area contributed by atoms with Crippen LogP contribution in [0.5, 0.6) is 0 Å². The number of piperidine rings is 1. The van der Waals surface area contributed by atoms with E-state index < -0.39 is 10.0 Å². The third kappa shape index (κ3) is 4.54. The van der Waals surface area contributed by atoms with Gasteiger partial charge in [0.15, 0.2) is 0 Å². The Morgan fingerprint density at radius 3 is 2.82 bits per heavy atom. The van der Waals surface area contributed by atoms with Gasteiger partial charge in [0.05, 0.1) is 4.90 Å². The minimum absolute atomic E-state index is 0.0152. The zero-order chi connectivity index (χ0) is 16.2. The van der Waals surface area contributed by atoms with Crippen molar-refractivity contribution in [3.8, 4) is 0 Å². The van der Waals surface area contributed by atoms with Crippen LogP contribution in [0.4, 0.5) is 0 Å². The highest BCUT2D eigenvalue weighted by molar-refractivity contribution is 9.10. The summed E-state index contributed by atoms with van der Waals surface area (Å²) in [7, 11) is -3.60. The molecule has 1 N–H and O–H groups in total. The van der Waals surface area contributed by atoms with Crippen molar-refractivity contribution in [3.63, 3.8) is 0 Å². The molecule has 5 nitrogen and oxygen atoms in total. The molecule has 1 aromatic carbocycles. The molecule has 0 bridgehead atoms. The van der Waals surface area contributed by atoms with Gasteiger partial charge in [-0.1, -0.05) is 19.1 Å². The number of sulfonamides is 1. The van der Waals surface area contributed by atoms with Crippen LogP contribution in [0.15, 0.2) is 33.6 Å². The lowest BCUT2D eigenvalue weighted by molar-refractivity contribution is -0.132. The third-order valence-electron chi connectivity index (χ3n) is 3.77. The summed E-state index contributed by atoms with van der Waals surface area (Å²) in [6, 6.07) is 6.62. The maximum Gasteiger partial charge on any atom is 0.241 e. The minimum atomic E-state index is -3.60. The molecule has 2 rings (SSSR count). The number of likely N-dealkylation sites (tertiary alicyclic amines) is 1. The molecule has 1 aliphatic rings. The van der Waals surface area contributed by atoms with E-state index in [1.165, 1.54) is 6.07 Å². The Balaban J connectivity index is 1.88. The van der Waals surface area contributed by atoms with Crippen molar-refractivity contribution >= 4 is 31.9 Å². The Morgan fingerprint density at radius 1 is 1.41 bits per heavy atom. The van der Waals surface area contributed by atoms with E-state index in [-0.39, 0.29) is 23.8 Å². The van der Waals surface area contributed by atoms with Crippen LogP contribution in [0.25, 0.3) is 0 Å². The summed E-state index contributed by atoms with van der Waals surface area (Å²) in [6.07, 6.45) is 2.37. The van der Waals surface area contributed by atoms with Crippen molar-refractivity contribution in [3.05, 3.63) is 28.7 Å². The van der Waals surface area contributed by atoms with Crippen molar-refractivity contribution < 1.29 is 13.2 Å². The van der Waals surface area contributed by atoms with Crippen LogP contribution in [0.2, 0.25) is 0 Å². The van der Waals surface area contributed by atoms with Gasteiger partial charge in [0.25, 0.3) is 0 Å². The molecule has 22 heavy (non-hydrogen) atoms. The molecular weight excluding hydrogens is 368 g/mol. The summed E-state index contributed by atoms with van der Waals surface area (Å²) in [5, 5.41) is 0. The molecule has 1 unspecified atom stereocenters. The lowest BCUT2D eigenvalue weighted by Crippen LogP contribution is -2.40. The number of benzene rings is 1. The molecule has 0 aromatic heterocycles. The highest BCUT2D eigenvalue weighted by Gasteiger charge is 2.22. The molecule has 0 saturated carbocycles. The van der Waals surface area contributed by atoms with Crippen molar-refractivity contribution in [2.45, 2.75) is 31.1 Å². The van der Waals surface area contributed by atoms with Crippen molar-refractivity contribution in [2.75, 3.05) is 19.6 Å². The lowest BCUT2D eigenvalue weighted by Gasteiger charge is -2.31. The fourth-order valence-corrected chi connectivity index (χ4v) is 4.64. The maximum atomic E-state index is 12.2. The first kappa shape index (κ1) is 17.4. The van der Waals surface area contributed by atoms with E-state index in [0.29, 0.717) is 10.4 Å². The number of nitrogens with one attached hydrogen (secondary N) is 1. The van der Waals surface area contributed by atoms with Gasteiger partial charge in [-0.15, -0.1) is 0 Å². The number of halogens is 1. The van der Waals surface area contributed by atoms with Crippen molar-refractivity contribution in [2.24, 2.45) is 5.92 Å². The van der Waals surface area contributed by atoms with Gasteiger partial charge in [-0.25, -0.2) is 13.1 Å². The Morgan fingerprint density at radius 2 is 2.14 bits per heavy atom. The molecule has 1 fully saturated rings. The monoisotopic (exact) mass is 388 g/mol. The summed E-state index contributed by atoms with van der Waals surface area (Å²) in [5.74, 6) is 0.538. The summed E-state index contributed by atoms with van der Waals surface area (Å²) in [4.78, 5) is 14.1. The Bertz CT molecular complexity index is 633. The van der Waals surface area contributed by atoms with E-state index in [1.807, 2.05) is 4.90 Å². The Kier molecular flexibility index (Phi) is 6.00. The standard InChI is InChI=1S/C15H21BrN2O3S/c1-12-5-4-10-18(11-12)15(19)8-9-17-22(20,21)14-7-3-2-6-13(14)16/h2-3,6-7,12,17H,4-5,8-11H2,1H3. The topological polar surface area (TPSA) is 66.5 Å². The largest absolute Gasteiger partial charge is 0.342 e. The van der Waals surface area contributed by atoms with Crippen molar-refractivity contribution in [1.82, 2.24) is 9.62 Å². The molecule has 1 saturated heterocycles. The van der Waals surface area contributed by atoms with Crippen LogP contribution in [-0.4, -0.2) is 38.9 Å². The van der Waals surface area contributed by atoms with Crippen LogP contribution in [0.3, 0.4) is 0 Å². The third-order valence-corrected chi connectivity index (χ3v) is 6.24. The molecular formula is C15H21BrN2O3S. The molecule has 7 heteroatoms. The van der Waals surface area contributed by atoms with Crippen LogP contribution >= 0.6 is 15.9 Å². The average molecular weight is 389 g/mol. The minimum Gasteiger partial charge on any atom is -0.342 e. The molecule has 1 heterocycles. The van der Waals surface area contributed by atoms with E-state index in [2.05, 4.69) is 27.6 Å². The molecule has 1 atom stereocenters. The van der Waals surface area contributed by atoms with Gasteiger partial charge in [0.1, 0.15) is 0 Å². The average Bonchev–Trinajstić information content (AvgIpc) is 2.47. The number of amides is 1. The Labute approximate surface area is 140 Å². The molecule has 0 radical (unpaired) electrons. The second kappa shape index (κ2) is 7.57. The Hall–Kier alpha value is -0.920. The van der Waals surface area contributed by atoms with E-state index in [0.717, 1.165) is 25.9 Å². The van der Waals surface area contributed by atoms with Gasteiger partial charge >= 0.3 is 0 Å². The van der Waals surface area contributed by atoms with Crippen LogP contribution in [0, 0.1) is 5.92 Å². The predicted octanol–water partition coefficient (Wildman–Crippen LogP) is 2.38. The lowest BCUT2D eigenvalue weighted by atomic mass is 10.0. The summed E-state index contributed by atoms with van der Waals surface area (Å²) in [5.41, 5.74) is 0. The molecule has 122 valence electrons. The highest BCUT2D eigenvalue weighted by atomic mass is 79.9. The highest BCUT2D eigenvalue weighted by Crippen LogP contribution is 2.21. The second-order valence-corrected chi connectivity index (χ2v) is 8.26. The van der Waals surface area contributed by atoms with Crippen LogP contribution in [0.1, 0.15) is 26.2 Å². The van der Waals surface area contributed by atoms with E-state index >= 15 is 0 Å². The molecule has 1 aromatic rings. The van der Waals surface area contributed by atoms with Gasteiger partial charge in [-0.2, -0.15) is 0 Å². The van der Waals surface area contributed by atoms with Gasteiger partial charge < -0.3 is 4.90 Å². The van der Waals surface area contributed by atoms with Gasteiger partial charge in [0, 0.05) is 30.5 Å². The zero-order valence-corrected chi connectivity index (χ0v) is 15.0. The first-order valence-electron chi connectivity index (χ1n) is 7.42. The number of rotatable bonds is 5. The molecule has 1 aliphatic heterocycles. The smallest absolute Gasteiger partial charge is 0.241 e. The number of nitrogens with zero attached hydrogens (tertiary/aromatic N) is 1. The summed E-state index contributed by atoms with van der Waals surface area (Å²) < 4.78 is 27.4. The van der Waals surface area contributed by atoms with E-state index in [4.69, 9.17) is 0 Å². The fourth-order valence-electron chi connectivity index (χ4n) is 2.61. The maximum absolute atomic E-state index is 12.2. The van der Waals surface area contributed by atoms with Crippen molar-refractivity contribution in [1.29, 1.82) is 0 Å².